The minimum atomic E-state index is -0.189. The van der Waals surface area contributed by atoms with Crippen molar-refractivity contribution in [3.63, 3.8) is 0 Å². The Bertz CT molecular complexity index is 677. The van der Waals surface area contributed by atoms with E-state index in [0.29, 0.717) is 25.6 Å². The molecule has 1 aliphatic heterocycles. The third kappa shape index (κ3) is 3.38. The molecule has 2 aliphatic carbocycles. The Labute approximate surface area is 155 Å². The first-order chi connectivity index (χ1) is 12.6. The van der Waals surface area contributed by atoms with E-state index in [4.69, 9.17) is 0 Å². The van der Waals surface area contributed by atoms with Crippen LogP contribution in [0.15, 0.2) is 0 Å². The van der Waals surface area contributed by atoms with E-state index >= 15 is 0 Å². The fourth-order valence-corrected chi connectivity index (χ4v) is 4.94. The molecule has 3 aliphatic rings. The summed E-state index contributed by atoms with van der Waals surface area (Å²) in [6.07, 6.45) is 10.8. The van der Waals surface area contributed by atoms with E-state index < -0.39 is 0 Å². The SMILES string of the molecule is CN(Cc1n[nH]c2c1CCCCC2)C(=O)[C@@H]1CC(=O)N(C2CCCC2)C1. The van der Waals surface area contributed by atoms with E-state index in [2.05, 4.69) is 10.2 Å². The van der Waals surface area contributed by atoms with E-state index in [9.17, 15) is 9.59 Å². The summed E-state index contributed by atoms with van der Waals surface area (Å²) in [5, 5.41) is 7.67. The fourth-order valence-electron chi connectivity index (χ4n) is 4.94. The standard InChI is InChI=1S/C20H30N4O2/c1-23(13-18-16-9-3-2-4-10-17(16)21-22-18)20(26)14-11-19(25)24(12-14)15-7-5-6-8-15/h14-15H,2-13H2,1H3,(H,21,22)/t14-/m1/s1. The summed E-state index contributed by atoms with van der Waals surface area (Å²) in [5.74, 6) is 0.0622. The zero-order valence-electron chi connectivity index (χ0n) is 15.8. The molecule has 1 saturated carbocycles. The van der Waals surface area contributed by atoms with E-state index in [1.165, 1.54) is 43.4 Å². The third-order valence-corrected chi connectivity index (χ3v) is 6.43. The Hall–Kier alpha value is -1.85. The van der Waals surface area contributed by atoms with Gasteiger partial charge >= 0.3 is 0 Å². The first-order valence-electron chi connectivity index (χ1n) is 10.2. The van der Waals surface area contributed by atoms with Crippen LogP contribution in [-0.4, -0.2) is 51.4 Å². The maximum Gasteiger partial charge on any atom is 0.228 e. The molecule has 1 aromatic heterocycles. The normalized spacial score (nSPS) is 24.0. The number of H-pyrrole nitrogens is 1. The van der Waals surface area contributed by atoms with Crippen LogP contribution in [0.5, 0.6) is 0 Å². The molecular weight excluding hydrogens is 328 g/mol. The number of aromatic amines is 1. The molecule has 6 heteroatoms. The van der Waals surface area contributed by atoms with Crippen molar-refractivity contribution < 1.29 is 9.59 Å². The number of likely N-dealkylation sites (tertiary alicyclic amines) is 1. The van der Waals surface area contributed by atoms with Crippen LogP contribution in [0.1, 0.15) is 68.3 Å². The number of aromatic nitrogens is 2. The topological polar surface area (TPSA) is 69.3 Å². The molecule has 1 aromatic rings. The zero-order chi connectivity index (χ0) is 18.1. The number of nitrogens with one attached hydrogen (secondary N) is 1. The van der Waals surface area contributed by atoms with Crippen molar-refractivity contribution >= 4 is 11.8 Å². The van der Waals surface area contributed by atoms with Gasteiger partial charge in [-0.1, -0.05) is 19.3 Å². The number of aryl methyl sites for hydroxylation is 1. The van der Waals surface area contributed by atoms with Crippen molar-refractivity contribution in [1.82, 2.24) is 20.0 Å². The number of amides is 2. The summed E-state index contributed by atoms with van der Waals surface area (Å²) in [4.78, 5) is 29.1. The van der Waals surface area contributed by atoms with Crippen LogP contribution in [0.3, 0.4) is 0 Å². The molecule has 2 heterocycles. The highest BCUT2D eigenvalue weighted by molar-refractivity contribution is 5.89. The molecular formula is C20H30N4O2. The summed E-state index contributed by atoms with van der Waals surface area (Å²) >= 11 is 0. The van der Waals surface area contributed by atoms with Gasteiger partial charge in [-0.3, -0.25) is 14.7 Å². The molecule has 1 N–H and O–H groups in total. The lowest BCUT2D eigenvalue weighted by Crippen LogP contribution is -2.37. The number of hydrogen-bond donors (Lipinski definition) is 1. The zero-order valence-corrected chi connectivity index (χ0v) is 15.8. The highest BCUT2D eigenvalue weighted by Crippen LogP contribution is 2.30. The summed E-state index contributed by atoms with van der Waals surface area (Å²) in [7, 11) is 1.85. The first kappa shape index (κ1) is 17.6. The van der Waals surface area contributed by atoms with Gasteiger partial charge in [-0.05, 0) is 44.1 Å². The van der Waals surface area contributed by atoms with Crippen LogP contribution in [-0.2, 0) is 29.0 Å². The Kier molecular flexibility index (Phi) is 5.00. The summed E-state index contributed by atoms with van der Waals surface area (Å²) in [6, 6.07) is 0.368. The predicted octanol–water partition coefficient (Wildman–Crippen LogP) is 2.43. The van der Waals surface area contributed by atoms with E-state index in [0.717, 1.165) is 31.4 Å². The second-order valence-corrected chi connectivity index (χ2v) is 8.27. The molecule has 0 aromatic carbocycles. The second-order valence-electron chi connectivity index (χ2n) is 8.27. The monoisotopic (exact) mass is 358 g/mol. The molecule has 6 nitrogen and oxygen atoms in total. The Balaban J connectivity index is 1.39. The van der Waals surface area contributed by atoms with Crippen LogP contribution < -0.4 is 0 Å². The number of carbonyl (C=O) groups is 2. The van der Waals surface area contributed by atoms with Gasteiger partial charge < -0.3 is 9.80 Å². The van der Waals surface area contributed by atoms with E-state index in [1.807, 2.05) is 11.9 Å². The van der Waals surface area contributed by atoms with Crippen molar-refractivity contribution in [2.24, 2.45) is 5.92 Å². The van der Waals surface area contributed by atoms with Crippen LogP contribution in [0, 0.1) is 5.92 Å². The Morgan fingerprint density at radius 3 is 2.77 bits per heavy atom. The molecule has 2 fully saturated rings. The molecule has 142 valence electrons. The van der Waals surface area contributed by atoms with Gasteiger partial charge in [0.15, 0.2) is 0 Å². The molecule has 0 radical (unpaired) electrons. The van der Waals surface area contributed by atoms with Crippen molar-refractivity contribution in [3.05, 3.63) is 17.0 Å². The molecule has 1 atom stereocenters. The van der Waals surface area contributed by atoms with Crippen molar-refractivity contribution in [2.75, 3.05) is 13.6 Å². The Morgan fingerprint density at radius 2 is 1.96 bits per heavy atom. The van der Waals surface area contributed by atoms with Crippen LogP contribution in [0.4, 0.5) is 0 Å². The molecule has 4 rings (SSSR count). The first-order valence-corrected chi connectivity index (χ1v) is 10.2. The van der Waals surface area contributed by atoms with E-state index in [1.54, 1.807) is 4.90 Å². The lowest BCUT2D eigenvalue weighted by atomic mass is 10.1. The maximum absolute atomic E-state index is 12.9. The van der Waals surface area contributed by atoms with Crippen LogP contribution in [0.25, 0.3) is 0 Å². The lowest BCUT2D eigenvalue weighted by molar-refractivity contribution is -0.135. The molecule has 26 heavy (non-hydrogen) atoms. The third-order valence-electron chi connectivity index (χ3n) is 6.43. The minimum Gasteiger partial charge on any atom is -0.339 e. The van der Waals surface area contributed by atoms with Gasteiger partial charge in [0.1, 0.15) is 0 Å². The number of nitrogens with zero attached hydrogens (tertiary/aromatic N) is 3. The average molecular weight is 358 g/mol. The predicted molar refractivity (Wildman–Crippen MR) is 98.4 cm³/mol. The van der Waals surface area contributed by atoms with Gasteiger partial charge in [0.25, 0.3) is 0 Å². The molecule has 0 bridgehead atoms. The van der Waals surface area contributed by atoms with Crippen molar-refractivity contribution in [1.29, 1.82) is 0 Å². The largest absolute Gasteiger partial charge is 0.339 e. The average Bonchev–Trinajstić information content (AvgIpc) is 3.32. The van der Waals surface area contributed by atoms with Crippen molar-refractivity contribution in [3.8, 4) is 0 Å². The Morgan fingerprint density at radius 1 is 1.19 bits per heavy atom. The molecule has 0 unspecified atom stereocenters. The van der Waals surface area contributed by atoms with Gasteiger partial charge in [0.05, 0.1) is 18.2 Å². The molecule has 0 spiro atoms. The van der Waals surface area contributed by atoms with Gasteiger partial charge in [-0.15, -0.1) is 0 Å². The second kappa shape index (κ2) is 7.41. The van der Waals surface area contributed by atoms with Crippen molar-refractivity contribution in [2.45, 2.75) is 76.8 Å². The number of rotatable bonds is 4. The number of fused-ring (bicyclic) bond motifs is 1. The maximum atomic E-state index is 12.9. The molecule has 2 amide bonds. The van der Waals surface area contributed by atoms with Crippen LogP contribution in [0.2, 0.25) is 0 Å². The highest BCUT2D eigenvalue weighted by atomic mass is 16.2. The van der Waals surface area contributed by atoms with Gasteiger partial charge in [-0.25, -0.2) is 0 Å². The minimum absolute atomic E-state index is 0.0872. The van der Waals surface area contributed by atoms with Gasteiger partial charge in [-0.2, -0.15) is 5.10 Å². The highest BCUT2D eigenvalue weighted by Gasteiger charge is 2.39. The quantitative estimate of drug-likeness (QED) is 0.841. The fraction of sp³-hybridized carbons (Fsp3) is 0.750. The summed E-state index contributed by atoms with van der Waals surface area (Å²) in [6.45, 7) is 1.14. The smallest absolute Gasteiger partial charge is 0.228 e. The number of carbonyl (C=O) groups excluding carboxylic acids is 2. The van der Waals surface area contributed by atoms with Gasteiger partial charge in [0.2, 0.25) is 11.8 Å². The number of hydrogen-bond acceptors (Lipinski definition) is 3. The molecule has 1 saturated heterocycles. The summed E-state index contributed by atoms with van der Waals surface area (Å²) in [5.41, 5.74) is 3.58. The van der Waals surface area contributed by atoms with E-state index in [-0.39, 0.29) is 17.7 Å². The lowest BCUT2D eigenvalue weighted by Gasteiger charge is -2.25. The van der Waals surface area contributed by atoms with Gasteiger partial charge in [0, 0.05) is 31.7 Å². The van der Waals surface area contributed by atoms with Crippen LogP contribution >= 0.6 is 0 Å². The summed E-state index contributed by atoms with van der Waals surface area (Å²) < 4.78 is 0.